The molecule has 1 N–H and O–H groups in total. The Hall–Kier alpha value is -1.06. The number of rotatable bonds is 4. The lowest BCUT2D eigenvalue weighted by atomic mass is 10.3. The first-order valence-electron chi connectivity index (χ1n) is 5.73. The first-order chi connectivity index (χ1) is 8.87. The summed E-state index contributed by atoms with van der Waals surface area (Å²) >= 11 is 1.35. The maximum atomic E-state index is 12.5. The third kappa shape index (κ3) is 2.49. The van der Waals surface area contributed by atoms with Crippen LogP contribution >= 0.6 is 11.8 Å². The maximum Gasteiger partial charge on any atom is 0.322 e. The van der Waals surface area contributed by atoms with E-state index >= 15 is 0 Å². The highest BCUT2D eigenvalue weighted by atomic mass is 32.2. The Kier molecular flexibility index (Phi) is 3.88. The van der Waals surface area contributed by atoms with Gasteiger partial charge in [0.1, 0.15) is 6.04 Å². The van der Waals surface area contributed by atoms with E-state index in [-0.39, 0.29) is 16.2 Å². The zero-order valence-corrected chi connectivity index (χ0v) is 12.2. The van der Waals surface area contributed by atoms with E-state index in [4.69, 9.17) is 5.11 Å². The first kappa shape index (κ1) is 14.4. The van der Waals surface area contributed by atoms with Crippen molar-refractivity contribution in [2.24, 2.45) is 7.05 Å². The lowest BCUT2D eigenvalue weighted by Gasteiger charge is -2.24. The van der Waals surface area contributed by atoms with Crippen molar-refractivity contribution in [3.63, 3.8) is 0 Å². The SMILES string of the molecule is CCC1SCC(C(=O)O)N1S(=O)(=O)c1cn(C)cn1. The molecule has 2 heterocycles. The Balaban J connectivity index is 2.43. The molecule has 0 saturated carbocycles. The number of aliphatic carboxylic acids is 1. The molecule has 1 aromatic heterocycles. The molecule has 2 atom stereocenters. The number of imidazole rings is 1. The van der Waals surface area contributed by atoms with Crippen molar-refractivity contribution in [3.8, 4) is 0 Å². The van der Waals surface area contributed by atoms with Crippen LogP contribution in [-0.4, -0.2) is 50.5 Å². The number of hydrogen-bond donors (Lipinski definition) is 1. The molecule has 19 heavy (non-hydrogen) atoms. The summed E-state index contributed by atoms with van der Waals surface area (Å²) in [5, 5.41) is 8.70. The van der Waals surface area contributed by atoms with Gasteiger partial charge in [-0.1, -0.05) is 6.92 Å². The molecule has 2 rings (SSSR count). The summed E-state index contributed by atoms with van der Waals surface area (Å²) in [6, 6.07) is -1.03. The third-order valence-electron chi connectivity index (χ3n) is 2.89. The Morgan fingerprint density at radius 1 is 1.63 bits per heavy atom. The number of aryl methyl sites for hydroxylation is 1. The smallest absolute Gasteiger partial charge is 0.322 e. The third-order valence-corrected chi connectivity index (χ3v) is 6.29. The monoisotopic (exact) mass is 305 g/mol. The van der Waals surface area contributed by atoms with Crippen LogP contribution in [0.5, 0.6) is 0 Å². The number of nitrogens with zero attached hydrogens (tertiary/aromatic N) is 3. The second-order valence-corrected chi connectivity index (χ2v) is 7.26. The molecular formula is C10H15N3O4S2. The van der Waals surface area contributed by atoms with Gasteiger partial charge >= 0.3 is 5.97 Å². The predicted molar refractivity (Wildman–Crippen MR) is 70.2 cm³/mol. The van der Waals surface area contributed by atoms with Crippen molar-refractivity contribution in [1.82, 2.24) is 13.9 Å². The Bertz CT molecular complexity index is 583. The maximum absolute atomic E-state index is 12.5. The van der Waals surface area contributed by atoms with E-state index < -0.39 is 22.0 Å². The molecule has 9 heteroatoms. The molecule has 0 spiro atoms. The Labute approximate surface area is 115 Å². The van der Waals surface area contributed by atoms with E-state index in [1.807, 2.05) is 6.92 Å². The molecule has 0 aliphatic carbocycles. The molecule has 1 fully saturated rings. The molecule has 0 aromatic carbocycles. The minimum Gasteiger partial charge on any atom is -0.480 e. The van der Waals surface area contributed by atoms with E-state index in [9.17, 15) is 13.2 Å². The molecule has 106 valence electrons. The summed E-state index contributed by atoms with van der Waals surface area (Å²) in [5.74, 6) is -0.858. The van der Waals surface area contributed by atoms with Crippen molar-refractivity contribution < 1.29 is 18.3 Å². The fourth-order valence-electron chi connectivity index (χ4n) is 1.98. The summed E-state index contributed by atoms with van der Waals surface area (Å²) in [5.41, 5.74) is 0. The number of aromatic nitrogens is 2. The van der Waals surface area contributed by atoms with Crippen LogP contribution in [0.15, 0.2) is 17.6 Å². The van der Waals surface area contributed by atoms with E-state index in [1.165, 1.54) is 28.9 Å². The van der Waals surface area contributed by atoms with Gasteiger partial charge in [-0.2, -0.15) is 4.31 Å². The van der Waals surface area contributed by atoms with Gasteiger partial charge in [0.15, 0.2) is 5.03 Å². The van der Waals surface area contributed by atoms with E-state index in [0.717, 1.165) is 4.31 Å². The van der Waals surface area contributed by atoms with Crippen LogP contribution in [-0.2, 0) is 21.9 Å². The predicted octanol–water partition coefficient (Wildman–Crippen LogP) is 0.347. The van der Waals surface area contributed by atoms with Crippen LogP contribution in [0.25, 0.3) is 0 Å². The first-order valence-corrected chi connectivity index (χ1v) is 8.22. The van der Waals surface area contributed by atoms with Crippen molar-refractivity contribution in [1.29, 1.82) is 0 Å². The van der Waals surface area contributed by atoms with Gasteiger partial charge in [0.2, 0.25) is 0 Å². The lowest BCUT2D eigenvalue weighted by Crippen LogP contribution is -2.45. The topological polar surface area (TPSA) is 92.5 Å². The van der Waals surface area contributed by atoms with Crippen molar-refractivity contribution >= 4 is 27.8 Å². The summed E-state index contributed by atoms with van der Waals surface area (Å²) in [6.45, 7) is 1.84. The minimum absolute atomic E-state index is 0.109. The fraction of sp³-hybridized carbons (Fsp3) is 0.600. The molecule has 0 amide bonds. The van der Waals surface area contributed by atoms with Gasteiger partial charge in [-0.15, -0.1) is 11.8 Å². The molecule has 2 unspecified atom stereocenters. The van der Waals surface area contributed by atoms with Gasteiger partial charge in [-0.25, -0.2) is 13.4 Å². The summed E-state index contributed by atoms with van der Waals surface area (Å²) in [4.78, 5) is 15.0. The van der Waals surface area contributed by atoms with Crippen LogP contribution in [0.1, 0.15) is 13.3 Å². The highest BCUT2D eigenvalue weighted by Gasteiger charge is 2.46. The van der Waals surface area contributed by atoms with Gasteiger partial charge < -0.3 is 9.67 Å². The average Bonchev–Trinajstić information content (AvgIpc) is 2.94. The number of sulfonamides is 1. The summed E-state index contributed by atoms with van der Waals surface area (Å²) in [7, 11) is -2.21. The van der Waals surface area contributed by atoms with E-state index in [0.29, 0.717) is 6.42 Å². The van der Waals surface area contributed by atoms with Crippen LogP contribution in [0.4, 0.5) is 0 Å². The summed E-state index contributed by atoms with van der Waals surface area (Å²) < 4.78 is 27.6. The molecule has 1 aliphatic rings. The molecule has 1 aromatic rings. The number of carboxylic acid groups (broad SMARTS) is 1. The van der Waals surface area contributed by atoms with Crippen molar-refractivity contribution in [3.05, 3.63) is 12.5 Å². The Morgan fingerprint density at radius 2 is 2.32 bits per heavy atom. The molecule has 1 saturated heterocycles. The molecule has 7 nitrogen and oxygen atoms in total. The largest absolute Gasteiger partial charge is 0.480 e. The second kappa shape index (κ2) is 5.14. The van der Waals surface area contributed by atoms with Gasteiger partial charge in [0.25, 0.3) is 10.0 Å². The average molecular weight is 305 g/mol. The van der Waals surface area contributed by atoms with Gasteiger partial charge in [0, 0.05) is 19.0 Å². The zero-order valence-electron chi connectivity index (χ0n) is 10.6. The normalized spacial score (nSPS) is 24.7. The fourth-order valence-corrected chi connectivity index (χ4v) is 5.49. The van der Waals surface area contributed by atoms with Gasteiger partial charge in [0.05, 0.1) is 11.7 Å². The quantitative estimate of drug-likeness (QED) is 0.862. The molecule has 1 aliphatic heterocycles. The van der Waals surface area contributed by atoms with Crippen LogP contribution in [0, 0.1) is 0 Å². The molecular weight excluding hydrogens is 290 g/mol. The van der Waals surface area contributed by atoms with Crippen LogP contribution < -0.4 is 0 Å². The van der Waals surface area contributed by atoms with Crippen LogP contribution in [0.2, 0.25) is 0 Å². The second-order valence-electron chi connectivity index (χ2n) is 4.26. The van der Waals surface area contributed by atoms with Crippen LogP contribution in [0.3, 0.4) is 0 Å². The van der Waals surface area contributed by atoms with E-state index in [1.54, 1.807) is 7.05 Å². The van der Waals surface area contributed by atoms with Gasteiger partial charge in [-0.05, 0) is 6.42 Å². The van der Waals surface area contributed by atoms with Crippen molar-refractivity contribution in [2.45, 2.75) is 29.8 Å². The van der Waals surface area contributed by atoms with Gasteiger partial charge in [-0.3, -0.25) is 4.79 Å². The number of thioether (sulfide) groups is 1. The molecule has 0 radical (unpaired) electrons. The van der Waals surface area contributed by atoms with E-state index in [2.05, 4.69) is 4.98 Å². The highest BCUT2D eigenvalue weighted by molar-refractivity contribution is 8.01. The lowest BCUT2D eigenvalue weighted by molar-refractivity contribution is -0.140. The van der Waals surface area contributed by atoms with Crippen molar-refractivity contribution in [2.75, 3.05) is 5.75 Å². The molecule has 0 bridgehead atoms. The number of carbonyl (C=O) groups is 1. The minimum atomic E-state index is -3.87. The standard InChI is InChI=1S/C10H15N3O4S2/c1-3-9-13(7(5-18-9)10(14)15)19(16,17)8-4-12(2)6-11-8/h4,6-7,9H,3,5H2,1-2H3,(H,14,15). The highest BCUT2D eigenvalue weighted by Crippen LogP contribution is 2.35. The summed E-state index contributed by atoms with van der Waals surface area (Å²) in [6.07, 6.45) is 3.32. The Morgan fingerprint density at radius 3 is 2.79 bits per heavy atom. The zero-order chi connectivity index (χ0) is 14.2. The number of carboxylic acids is 1. The number of hydrogen-bond acceptors (Lipinski definition) is 5.